The van der Waals surface area contributed by atoms with Gasteiger partial charge in [-0.1, -0.05) is 51.8 Å². The Labute approximate surface area is 129 Å². The van der Waals surface area contributed by atoms with Gasteiger partial charge in [0.15, 0.2) is 0 Å². The highest BCUT2D eigenvalue weighted by atomic mass is 15.0. The maximum absolute atomic E-state index is 3.55. The molecule has 0 saturated carbocycles. The predicted octanol–water partition coefficient (Wildman–Crippen LogP) is 4.62. The van der Waals surface area contributed by atoms with Gasteiger partial charge in [-0.15, -0.1) is 0 Å². The van der Waals surface area contributed by atoms with Crippen molar-refractivity contribution in [3.63, 3.8) is 0 Å². The molecule has 2 aromatic rings. The Bertz CT molecular complexity index is 539. The maximum atomic E-state index is 3.55. The molecular weight excluding hydrogens is 256 g/mol. The molecule has 0 amide bonds. The minimum absolute atomic E-state index is 0.723. The van der Waals surface area contributed by atoms with Crippen molar-refractivity contribution in [2.75, 3.05) is 13.1 Å². The molecule has 0 spiro atoms. The van der Waals surface area contributed by atoms with Gasteiger partial charge in [0.2, 0.25) is 0 Å². The van der Waals surface area contributed by atoms with Crippen molar-refractivity contribution in [2.24, 2.45) is 5.92 Å². The molecule has 116 valence electrons. The Morgan fingerprint density at radius 3 is 2.71 bits per heavy atom. The summed E-state index contributed by atoms with van der Waals surface area (Å²) in [5.74, 6) is 0.723. The van der Waals surface area contributed by atoms with Crippen molar-refractivity contribution in [3.8, 4) is 0 Å². The van der Waals surface area contributed by atoms with Crippen molar-refractivity contribution in [2.45, 2.75) is 53.0 Å². The lowest BCUT2D eigenvalue weighted by Crippen LogP contribution is -2.22. The third-order valence-electron chi connectivity index (χ3n) is 4.00. The molecule has 0 saturated heterocycles. The summed E-state index contributed by atoms with van der Waals surface area (Å²) < 4.78 is 2.45. The Morgan fingerprint density at radius 2 is 1.95 bits per heavy atom. The highest BCUT2D eigenvalue weighted by Gasteiger charge is 2.07. The topological polar surface area (TPSA) is 17.0 Å². The molecule has 1 N–H and O–H groups in total. The third kappa shape index (κ3) is 4.60. The number of nitrogens with one attached hydrogen (secondary N) is 1. The Hall–Kier alpha value is -1.28. The number of aryl methyl sites for hydroxylation is 1. The number of nitrogens with zero attached hydrogens (tertiary/aromatic N) is 1. The summed E-state index contributed by atoms with van der Waals surface area (Å²) in [6, 6.07) is 8.83. The van der Waals surface area contributed by atoms with Crippen LogP contribution in [0.15, 0.2) is 30.5 Å². The fourth-order valence-electron chi connectivity index (χ4n) is 2.85. The molecule has 1 heterocycles. The molecule has 0 bridgehead atoms. The monoisotopic (exact) mass is 286 g/mol. The summed E-state index contributed by atoms with van der Waals surface area (Å²) >= 11 is 0. The highest BCUT2D eigenvalue weighted by molar-refractivity contribution is 5.84. The molecule has 0 aliphatic carbocycles. The zero-order valence-electron chi connectivity index (χ0n) is 13.9. The summed E-state index contributed by atoms with van der Waals surface area (Å²) in [5.41, 5.74) is 2.88. The normalized spacial score (nSPS) is 11.6. The van der Waals surface area contributed by atoms with Crippen molar-refractivity contribution >= 4 is 10.9 Å². The summed E-state index contributed by atoms with van der Waals surface area (Å²) in [6.45, 7) is 10.1. The van der Waals surface area contributed by atoms with Crippen LogP contribution in [0.4, 0.5) is 0 Å². The van der Waals surface area contributed by atoms with E-state index in [9.17, 15) is 0 Å². The lowest BCUT2D eigenvalue weighted by Gasteiger charge is -2.06. The van der Waals surface area contributed by atoms with E-state index in [-0.39, 0.29) is 0 Å². The molecule has 2 heteroatoms. The van der Waals surface area contributed by atoms with E-state index in [2.05, 4.69) is 61.1 Å². The average Bonchev–Trinajstić information content (AvgIpc) is 2.82. The van der Waals surface area contributed by atoms with Crippen LogP contribution in [0.3, 0.4) is 0 Å². The first kappa shape index (κ1) is 16.1. The van der Waals surface area contributed by atoms with Gasteiger partial charge in [0.05, 0.1) is 0 Å². The molecule has 1 aromatic heterocycles. The molecule has 0 aliphatic rings. The zero-order chi connectivity index (χ0) is 15.1. The van der Waals surface area contributed by atoms with E-state index in [4.69, 9.17) is 0 Å². The van der Waals surface area contributed by atoms with Gasteiger partial charge in [-0.25, -0.2) is 0 Å². The Balaban J connectivity index is 2.04. The van der Waals surface area contributed by atoms with Crippen molar-refractivity contribution in [1.29, 1.82) is 0 Å². The molecule has 21 heavy (non-hydrogen) atoms. The standard InChI is InChI=1S/C19H30N2/c1-4-5-8-13-21-15-17(11-12-20-14-16(2)3)18-9-6-7-10-19(18)21/h6-7,9-10,15-16,20H,4-5,8,11-14H2,1-3H3. The lowest BCUT2D eigenvalue weighted by molar-refractivity contribution is 0.554. The van der Waals surface area contributed by atoms with Crippen LogP contribution in [0.5, 0.6) is 0 Å². The number of para-hydroxylation sites is 1. The Morgan fingerprint density at radius 1 is 1.14 bits per heavy atom. The van der Waals surface area contributed by atoms with Crippen LogP contribution in [0, 0.1) is 5.92 Å². The van der Waals surface area contributed by atoms with Crippen molar-refractivity contribution in [1.82, 2.24) is 9.88 Å². The second-order valence-corrected chi connectivity index (χ2v) is 6.42. The zero-order valence-corrected chi connectivity index (χ0v) is 13.9. The minimum Gasteiger partial charge on any atom is -0.347 e. The number of rotatable bonds is 9. The van der Waals surface area contributed by atoms with E-state index in [1.165, 1.54) is 35.7 Å². The first-order valence-corrected chi connectivity index (χ1v) is 8.49. The van der Waals surface area contributed by atoms with Gasteiger partial charge >= 0.3 is 0 Å². The molecule has 0 atom stereocenters. The summed E-state index contributed by atoms with van der Waals surface area (Å²) in [6.07, 6.45) is 7.37. The van der Waals surface area contributed by atoms with Gasteiger partial charge in [-0.2, -0.15) is 0 Å². The Kier molecular flexibility index (Phi) is 6.31. The second kappa shape index (κ2) is 8.23. The van der Waals surface area contributed by atoms with Crippen molar-refractivity contribution < 1.29 is 0 Å². The number of unbranched alkanes of at least 4 members (excludes halogenated alkanes) is 2. The van der Waals surface area contributed by atoms with Gasteiger partial charge in [0, 0.05) is 23.6 Å². The van der Waals surface area contributed by atoms with Crippen LogP contribution in [0.2, 0.25) is 0 Å². The second-order valence-electron chi connectivity index (χ2n) is 6.42. The average molecular weight is 286 g/mol. The van der Waals surface area contributed by atoms with Crippen LogP contribution < -0.4 is 5.32 Å². The molecule has 2 nitrogen and oxygen atoms in total. The first-order valence-electron chi connectivity index (χ1n) is 8.49. The summed E-state index contributed by atoms with van der Waals surface area (Å²) in [5, 5.41) is 4.98. The molecular formula is C19H30N2. The fourth-order valence-corrected chi connectivity index (χ4v) is 2.85. The molecule has 1 aromatic carbocycles. The summed E-state index contributed by atoms with van der Waals surface area (Å²) in [7, 11) is 0. The van der Waals surface area contributed by atoms with Gasteiger partial charge in [0.1, 0.15) is 0 Å². The van der Waals surface area contributed by atoms with Crippen LogP contribution >= 0.6 is 0 Å². The number of benzene rings is 1. The van der Waals surface area contributed by atoms with Gasteiger partial charge in [-0.05, 0) is 43.5 Å². The lowest BCUT2D eigenvalue weighted by atomic mass is 10.1. The van der Waals surface area contributed by atoms with Crippen LogP contribution in [-0.2, 0) is 13.0 Å². The smallest absolute Gasteiger partial charge is 0.0483 e. The van der Waals surface area contributed by atoms with Crippen LogP contribution in [0.25, 0.3) is 10.9 Å². The predicted molar refractivity (Wildman–Crippen MR) is 92.9 cm³/mol. The minimum atomic E-state index is 0.723. The molecule has 0 unspecified atom stereocenters. The third-order valence-corrected chi connectivity index (χ3v) is 4.00. The number of hydrogen-bond acceptors (Lipinski definition) is 1. The van der Waals surface area contributed by atoms with Gasteiger partial charge in [-0.3, -0.25) is 0 Å². The molecule has 0 aliphatic heterocycles. The maximum Gasteiger partial charge on any atom is 0.0483 e. The fraction of sp³-hybridized carbons (Fsp3) is 0.579. The van der Waals surface area contributed by atoms with Crippen LogP contribution in [0.1, 0.15) is 45.6 Å². The van der Waals surface area contributed by atoms with Crippen molar-refractivity contribution in [3.05, 3.63) is 36.0 Å². The van der Waals surface area contributed by atoms with E-state index >= 15 is 0 Å². The van der Waals surface area contributed by atoms with Crippen LogP contribution in [-0.4, -0.2) is 17.7 Å². The molecule has 2 rings (SSSR count). The first-order chi connectivity index (χ1) is 10.2. The van der Waals surface area contributed by atoms with E-state index in [0.717, 1.165) is 32.0 Å². The van der Waals surface area contributed by atoms with E-state index in [1.54, 1.807) is 0 Å². The summed E-state index contributed by atoms with van der Waals surface area (Å²) in [4.78, 5) is 0. The van der Waals surface area contributed by atoms with E-state index in [0.29, 0.717) is 0 Å². The number of hydrogen-bond donors (Lipinski definition) is 1. The number of aromatic nitrogens is 1. The van der Waals surface area contributed by atoms with Gasteiger partial charge in [0.25, 0.3) is 0 Å². The van der Waals surface area contributed by atoms with E-state index < -0.39 is 0 Å². The molecule has 0 radical (unpaired) electrons. The SMILES string of the molecule is CCCCCn1cc(CCNCC(C)C)c2ccccc21. The van der Waals surface area contributed by atoms with Gasteiger partial charge < -0.3 is 9.88 Å². The highest BCUT2D eigenvalue weighted by Crippen LogP contribution is 2.22. The number of fused-ring (bicyclic) bond motifs is 1. The molecule has 0 fully saturated rings. The quantitative estimate of drug-likeness (QED) is 0.666. The van der Waals surface area contributed by atoms with E-state index in [1.807, 2.05) is 0 Å². The largest absolute Gasteiger partial charge is 0.347 e.